The molecule has 1 atom stereocenters. The first-order chi connectivity index (χ1) is 12.6. The number of amides is 1. The Hall–Kier alpha value is -3.09. The normalized spacial score (nSPS) is 16.3. The van der Waals surface area contributed by atoms with Crippen molar-refractivity contribution in [3.63, 3.8) is 0 Å². The van der Waals surface area contributed by atoms with E-state index in [2.05, 4.69) is 15.6 Å². The number of rotatable bonds is 5. The summed E-state index contributed by atoms with van der Waals surface area (Å²) in [7, 11) is 0. The Morgan fingerprint density at radius 2 is 2.00 bits per heavy atom. The van der Waals surface area contributed by atoms with Crippen molar-refractivity contribution in [2.45, 2.75) is 12.5 Å². The second kappa shape index (κ2) is 8.33. The van der Waals surface area contributed by atoms with E-state index in [0.717, 1.165) is 17.7 Å². The van der Waals surface area contributed by atoms with Crippen molar-refractivity contribution >= 4 is 11.9 Å². The zero-order valence-electron chi connectivity index (χ0n) is 14.2. The predicted molar refractivity (Wildman–Crippen MR) is 97.7 cm³/mol. The molecule has 0 saturated heterocycles. The van der Waals surface area contributed by atoms with Gasteiger partial charge < -0.3 is 21.1 Å². The Labute approximate surface area is 151 Å². The molecule has 1 aliphatic rings. The van der Waals surface area contributed by atoms with Crippen molar-refractivity contribution in [1.82, 2.24) is 10.6 Å². The number of fused-ring (bicyclic) bond motifs is 1. The van der Waals surface area contributed by atoms with Crippen LogP contribution < -0.4 is 21.1 Å². The number of aliphatic imine (C=N–C) groups is 1. The molecule has 1 unspecified atom stereocenters. The Bertz CT molecular complexity index is 810. The highest BCUT2D eigenvalue weighted by molar-refractivity contribution is 5.94. The standard InChI is InChI=1S/C19H21FN4O2/c20-15-7-3-1-5-13(15)18(25)22-10-11-23-19(21)24-16-9-12-26-17-8-4-2-6-14(16)17/h1-8,16H,9-12H2,(H,22,25)(H3,21,23,24). The van der Waals surface area contributed by atoms with Crippen LogP contribution in [0.4, 0.5) is 4.39 Å². The summed E-state index contributed by atoms with van der Waals surface area (Å²) in [6, 6.07) is 13.7. The lowest BCUT2D eigenvalue weighted by Crippen LogP contribution is -2.38. The first-order valence-electron chi connectivity index (χ1n) is 8.46. The topological polar surface area (TPSA) is 88.7 Å². The maximum absolute atomic E-state index is 13.5. The highest BCUT2D eigenvalue weighted by Crippen LogP contribution is 2.31. The van der Waals surface area contributed by atoms with Crippen LogP contribution in [-0.2, 0) is 0 Å². The molecule has 0 saturated carbocycles. The van der Waals surface area contributed by atoms with Crippen molar-refractivity contribution < 1.29 is 13.9 Å². The number of halogens is 1. The summed E-state index contributed by atoms with van der Waals surface area (Å²) in [5.74, 6) is 0.129. The molecule has 0 aliphatic carbocycles. The van der Waals surface area contributed by atoms with Crippen molar-refractivity contribution in [3.05, 3.63) is 65.5 Å². The maximum Gasteiger partial charge on any atom is 0.254 e. The number of para-hydroxylation sites is 1. The van der Waals surface area contributed by atoms with Crippen LogP contribution in [0, 0.1) is 5.82 Å². The van der Waals surface area contributed by atoms with Gasteiger partial charge in [0.2, 0.25) is 0 Å². The molecular formula is C19H21FN4O2. The van der Waals surface area contributed by atoms with Crippen molar-refractivity contribution in [3.8, 4) is 5.75 Å². The van der Waals surface area contributed by atoms with Crippen molar-refractivity contribution in [1.29, 1.82) is 0 Å². The summed E-state index contributed by atoms with van der Waals surface area (Å²) in [6.45, 7) is 1.17. The number of nitrogens with zero attached hydrogens (tertiary/aromatic N) is 1. The molecular weight excluding hydrogens is 335 g/mol. The first-order valence-corrected chi connectivity index (χ1v) is 8.46. The summed E-state index contributed by atoms with van der Waals surface area (Å²) in [5.41, 5.74) is 7.00. The van der Waals surface area contributed by atoms with E-state index in [1.807, 2.05) is 24.3 Å². The van der Waals surface area contributed by atoms with Gasteiger partial charge in [0.1, 0.15) is 11.6 Å². The minimum atomic E-state index is -0.548. The molecule has 0 fully saturated rings. The maximum atomic E-state index is 13.5. The van der Waals surface area contributed by atoms with E-state index in [-0.39, 0.29) is 18.2 Å². The second-order valence-corrected chi connectivity index (χ2v) is 5.87. The molecule has 2 aromatic carbocycles. The van der Waals surface area contributed by atoms with Gasteiger partial charge in [0.15, 0.2) is 5.96 Å². The average molecular weight is 356 g/mol. The van der Waals surface area contributed by atoms with Crippen LogP contribution in [0.3, 0.4) is 0 Å². The van der Waals surface area contributed by atoms with Gasteiger partial charge in [-0.15, -0.1) is 0 Å². The lowest BCUT2D eigenvalue weighted by molar-refractivity contribution is 0.0951. The minimum Gasteiger partial charge on any atom is -0.493 e. The van der Waals surface area contributed by atoms with Gasteiger partial charge in [-0.3, -0.25) is 9.79 Å². The van der Waals surface area contributed by atoms with Gasteiger partial charge >= 0.3 is 0 Å². The first kappa shape index (κ1) is 17.7. The fraction of sp³-hybridized carbons (Fsp3) is 0.263. The SMILES string of the molecule is NC(=NCCNC(=O)c1ccccc1F)NC1CCOc2ccccc21. The quantitative estimate of drug-likeness (QED) is 0.434. The van der Waals surface area contributed by atoms with Crippen LogP contribution >= 0.6 is 0 Å². The summed E-state index contributed by atoms with van der Waals surface area (Å²) >= 11 is 0. The molecule has 0 spiro atoms. The summed E-state index contributed by atoms with van der Waals surface area (Å²) in [6.07, 6.45) is 0.789. The van der Waals surface area contributed by atoms with Gasteiger partial charge in [0.05, 0.1) is 24.8 Å². The highest BCUT2D eigenvalue weighted by atomic mass is 19.1. The molecule has 4 N–H and O–H groups in total. The molecule has 3 rings (SSSR count). The van der Waals surface area contributed by atoms with Gasteiger partial charge in [0, 0.05) is 18.5 Å². The summed E-state index contributed by atoms with van der Waals surface area (Å²) in [5, 5.41) is 5.80. The van der Waals surface area contributed by atoms with Crippen LogP contribution in [0.2, 0.25) is 0 Å². The van der Waals surface area contributed by atoms with E-state index in [1.54, 1.807) is 6.07 Å². The smallest absolute Gasteiger partial charge is 0.254 e. The molecule has 1 aliphatic heterocycles. The van der Waals surface area contributed by atoms with E-state index in [9.17, 15) is 9.18 Å². The van der Waals surface area contributed by atoms with E-state index in [0.29, 0.717) is 19.1 Å². The molecule has 0 radical (unpaired) electrons. The van der Waals surface area contributed by atoms with Crippen LogP contribution in [0.15, 0.2) is 53.5 Å². The van der Waals surface area contributed by atoms with E-state index >= 15 is 0 Å². The summed E-state index contributed by atoms with van der Waals surface area (Å²) < 4.78 is 19.1. The lowest BCUT2D eigenvalue weighted by atomic mass is 10.0. The Kier molecular flexibility index (Phi) is 5.68. The summed E-state index contributed by atoms with van der Waals surface area (Å²) in [4.78, 5) is 16.1. The molecule has 26 heavy (non-hydrogen) atoms. The predicted octanol–water partition coefficient (Wildman–Crippen LogP) is 1.98. The molecule has 0 bridgehead atoms. The fourth-order valence-electron chi connectivity index (χ4n) is 2.80. The Balaban J connectivity index is 1.49. The minimum absolute atomic E-state index is 0.0152. The van der Waals surface area contributed by atoms with Gasteiger partial charge in [-0.2, -0.15) is 0 Å². The number of carbonyl (C=O) groups is 1. The molecule has 6 nitrogen and oxygen atoms in total. The molecule has 1 amide bonds. The third kappa shape index (κ3) is 4.30. The van der Waals surface area contributed by atoms with Crippen molar-refractivity contribution in [2.75, 3.05) is 19.7 Å². The number of carbonyl (C=O) groups excluding carboxylic acids is 1. The molecule has 7 heteroatoms. The third-order valence-corrected chi connectivity index (χ3v) is 4.08. The number of nitrogens with one attached hydrogen (secondary N) is 2. The third-order valence-electron chi connectivity index (χ3n) is 4.08. The van der Waals surface area contributed by atoms with Crippen LogP contribution in [0.25, 0.3) is 0 Å². The van der Waals surface area contributed by atoms with Gasteiger partial charge in [0.25, 0.3) is 5.91 Å². The van der Waals surface area contributed by atoms with Crippen LogP contribution in [0.1, 0.15) is 28.4 Å². The lowest BCUT2D eigenvalue weighted by Gasteiger charge is -2.26. The fourth-order valence-corrected chi connectivity index (χ4v) is 2.80. The average Bonchev–Trinajstić information content (AvgIpc) is 2.66. The number of ether oxygens (including phenoxy) is 1. The number of benzene rings is 2. The Morgan fingerprint density at radius 3 is 2.85 bits per heavy atom. The molecule has 2 aromatic rings. The zero-order valence-corrected chi connectivity index (χ0v) is 14.2. The van der Waals surface area contributed by atoms with Gasteiger partial charge in [-0.1, -0.05) is 30.3 Å². The molecule has 1 heterocycles. The van der Waals surface area contributed by atoms with Crippen LogP contribution in [0.5, 0.6) is 5.75 Å². The van der Waals surface area contributed by atoms with Gasteiger partial charge in [-0.25, -0.2) is 4.39 Å². The second-order valence-electron chi connectivity index (χ2n) is 5.87. The van der Waals surface area contributed by atoms with Crippen LogP contribution in [-0.4, -0.2) is 31.6 Å². The molecule has 0 aromatic heterocycles. The number of hydrogen-bond donors (Lipinski definition) is 3. The number of nitrogens with two attached hydrogens (primary N) is 1. The van der Waals surface area contributed by atoms with E-state index in [4.69, 9.17) is 10.5 Å². The van der Waals surface area contributed by atoms with E-state index < -0.39 is 11.7 Å². The Morgan fingerprint density at radius 1 is 1.23 bits per heavy atom. The molecule has 136 valence electrons. The van der Waals surface area contributed by atoms with Gasteiger partial charge in [-0.05, 0) is 18.2 Å². The largest absolute Gasteiger partial charge is 0.493 e. The van der Waals surface area contributed by atoms with E-state index in [1.165, 1.54) is 18.2 Å². The highest BCUT2D eigenvalue weighted by Gasteiger charge is 2.21. The zero-order chi connectivity index (χ0) is 18.4. The monoisotopic (exact) mass is 356 g/mol. The number of hydrogen-bond acceptors (Lipinski definition) is 3. The van der Waals surface area contributed by atoms with Crippen molar-refractivity contribution in [2.24, 2.45) is 10.7 Å². The number of guanidine groups is 1.